The summed E-state index contributed by atoms with van der Waals surface area (Å²) < 4.78 is 5.27. The molecule has 3 nitrogen and oxygen atoms in total. The van der Waals surface area contributed by atoms with Crippen LogP contribution in [0.25, 0.3) is 0 Å². The Bertz CT molecular complexity index is 380. The highest BCUT2D eigenvalue weighted by molar-refractivity contribution is 7.80. The van der Waals surface area contributed by atoms with Gasteiger partial charge in [0.15, 0.2) is 0 Å². The van der Waals surface area contributed by atoms with E-state index in [0.717, 1.165) is 43.0 Å². The van der Waals surface area contributed by atoms with Crippen molar-refractivity contribution >= 4 is 22.9 Å². The fourth-order valence-electron chi connectivity index (χ4n) is 1.60. The first-order valence-electron chi connectivity index (χ1n) is 5.87. The van der Waals surface area contributed by atoms with E-state index >= 15 is 0 Å². The van der Waals surface area contributed by atoms with Crippen LogP contribution in [0.1, 0.15) is 24.5 Å². The molecule has 3 N–H and O–H groups in total. The number of aryl methyl sites for hydroxylation is 1. The van der Waals surface area contributed by atoms with Crippen LogP contribution in [0.5, 0.6) is 0 Å². The lowest BCUT2D eigenvalue weighted by Gasteiger charge is -2.09. The standard InChI is InChI=1S/C13H20N2OS/c1-3-16-8-4-7-15-11-5-6-12(13(14)17)10(2)9-11/h5-6,9,15H,3-4,7-8H2,1-2H3,(H2,14,17). The predicted octanol–water partition coefficient (Wildman–Crippen LogP) is 2.47. The van der Waals surface area contributed by atoms with Crippen LogP contribution in [0.2, 0.25) is 0 Å². The molecule has 0 saturated heterocycles. The molecule has 17 heavy (non-hydrogen) atoms. The highest BCUT2D eigenvalue weighted by Gasteiger charge is 2.01. The van der Waals surface area contributed by atoms with E-state index in [0.29, 0.717) is 4.99 Å². The van der Waals surface area contributed by atoms with Crippen LogP contribution < -0.4 is 11.1 Å². The lowest BCUT2D eigenvalue weighted by Crippen LogP contribution is -2.12. The third kappa shape index (κ3) is 4.71. The van der Waals surface area contributed by atoms with Gasteiger partial charge in [0, 0.05) is 31.0 Å². The molecule has 1 aromatic rings. The van der Waals surface area contributed by atoms with E-state index in [4.69, 9.17) is 22.7 Å². The second-order valence-corrected chi connectivity index (χ2v) is 4.31. The quantitative estimate of drug-likeness (QED) is 0.578. The van der Waals surface area contributed by atoms with Crippen molar-refractivity contribution < 1.29 is 4.74 Å². The van der Waals surface area contributed by atoms with Crippen molar-refractivity contribution in [3.63, 3.8) is 0 Å². The van der Waals surface area contributed by atoms with Gasteiger partial charge in [0.2, 0.25) is 0 Å². The van der Waals surface area contributed by atoms with Crippen molar-refractivity contribution in [1.29, 1.82) is 0 Å². The van der Waals surface area contributed by atoms with Gasteiger partial charge in [-0.05, 0) is 44.0 Å². The Labute approximate surface area is 108 Å². The van der Waals surface area contributed by atoms with Gasteiger partial charge in [-0.15, -0.1) is 0 Å². The molecule has 0 unspecified atom stereocenters. The zero-order chi connectivity index (χ0) is 12.7. The Balaban J connectivity index is 2.45. The van der Waals surface area contributed by atoms with Crippen molar-refractivity contribution in [3.05, 3.63) is 29.3 Å². The summed E-state index contributed by atoms with van der Waals surface area (Å²) in [7, 11) is 0. The topological polar surface area (TPSA) is 47.3 Å². The number of anilines is 1. The molecule has 4 heteroatoms. The molecule has 0 saturated carbocycles. The van der Waals surface area contributed by atoms with Crippen molar-refractivity contribution in [2.24, 2.45) is 5.73 Å². The molecule has 0 bridgehead atoms. The Morgan fingerprint density at radius 1 is 1.47 bits per heavy atom. The van der Waals surface area contributed by atoms with Crippen molar-refractivity contribution in [2.75, 3.05) is 25.1 Å². The third-order valence-electron chi connectivity index (χ3n) is 2.49. The number of benzene rings is 1. The third-order valence-corrected chi connectivity index (χ3v) is 2.71. The van der Waals surface area contributed by atoms with E-state index < -0.39 is 0 Å². The molecule has 0 amide bonds. The number of hydrogen-bond acceptors (Lipinski definition) is 3. The summed E-state index contributed by atoms with van der Waals surface area (Å²) in [6.07, 6.45) is 1.00. The molecular weight excluding hydrogens is 232 g/mol. The number of nitrogens with two attached hydrogens (primary N) is 1. The molecule has 0 aliphatic carbocycles. The Morgan fingerprint density at radius 2 is 2.24 bits per heavy atom. The van der Waals surface area contributed by atoms with Gasteiger partial charge in [-0.1, -0.05) is 12.2 Å². The van der Waals surface area contributed by atoms with Crippen LogP contribution >= 0.6 is 12.2 Å². The largest absolute Gasteiger partial charge is 0.389 e. The number of ether oxygens (including phenoxy) is 1. The van der Waals surface area contributed by atoms with E-state index in [-0.39, 0.29) is 0 Å². The van der Waals surface area contributed by atoms with Gasteiger partial charge in [-0.3, -0.25) is 0 Å². The number of thiocarbonyl (C=S) groups is 1. The molecule has 1 aromatic carbocycles. The summed E-state index contributed by atoms with van der Waals surface area (Å²) in [6, 6.07) is 6.03. The summed E-state index contributed by atoms with van der Waals surface area (Å²) in [5.74, 6) is 0. The molecule has 0 heterocycles. The number of hydrogen-bond donors (Lipinski definition) is 2. The molecule has 0 aliphatic heterocycles. The molecule has 0 aliphatic rings. The van der Waals surface area contributed by atoms with E-state index in [9.17, 15) is 0 Å². The summed E-state index contributed by atoms with van der Waals surface area (Å²) in [5, 5.41) is 3.35. The summed E-state index contributed by atoms with van der Waals surface area (Å²) >= 11 is 4.97. The normalized spacial score (nSPS) is 10.2. The maximum absolute atomic E-state index is 5.61. The van der Waals surface area contributed by atoms with Crippen molar-refractivity contribution in [1.82, 2.24) is 0 Å². The van der Waals surface area contributed by atoms with Gasteiger partial charge in [0.05, 0.1) is 0 Å². The predicted molar refractivity (Wildman–Crippen MR) is 76.7 cm³/mol. The zero-order valence-electron chi connectivity index (χ0n) is 10.5. The lowest BCUT2D eigenvalue weighted by molar-refractivity contribution is 0.147. The molecule has 0 fully saturated rings. The number of nitrogens with one attached hydrogen (secondary N) is 1. The van der Waals surface area contributed by atoms with Crippen LogP contribution in [-0.4, -0.2) is 24.7 Å². The monoisotopic (exact) mass is 252 g/mol. The van der Waals surface area contributed by atoms with Crippen molar-refractivity contribution in [2.45, 2.75) is 20.3 Å². The minimum Gasteiger partial charge on any atom is -0.389 e. The summed E-state index contributed by atoms with van der Waals surface area (Å²) in [5.41, 5.74) is 8.76. The molecule has 0 radical (unpaired) electrons. The molecule has 0 spiro atoms. The molecule has 0 aromatic heterocycles. The van der Waals surface area contributed by atoms with Gasteiger partial charge in [-0.2, -0.15) is 0 Å². The van der Waals surface area contributed by atoms with E-state index in [2.05, 4.69) is 11.4 Å². The first kappa shape index (κ1) is 13.9. The summed E-state index contributed by atoms with van der Waals surface area (Å²) in [6.45, 7) is 6.51. The van der Waals surface area contributed by atoms with Gasteiger partial charge in [-0.25, -0.2) is 0 Å². The van der Waals surface area contributed by atoms with Gasteiger partial charge >= 0.3 is 0 Å². The van der Waals surface area contributed by atoms with E-state index in [1.807, 2.05) is 26.0 Å². The maximum atomic E-state index is 5.61. The first-order chi connectivity index (χ1) is 8.15. The molecule has 0 atom stereocenters. The SMILES string of the molecule is CCOCCCNc1ccc(C(N)=S)c(C)c1. The van der Waals surface area contributed by atoms with Crippen LogP contribution in [0.4, 0.5) is 5.69 Å². The fourth-order valence-corrected chi connectivity index (χ4v) is 1.83. The van der Waals surface area contributed by atoms with E-state index in [1.165, 1.54) is 0 Å². The minimum absolute atomic E-state index is 0.449. The van der Waals surface area contributed by atoms with Crippen LogP contribution in [-0.2, 0) is 4.74 Å². The van der Waals surface area contributed by atoms with Crippen molar-refractivity contribution in [3.8, 4) is 0 Å². The number of rotatable bonds is 7. The maximum Gasteiger partial charge on any atom is 0.104 e. The van der Waals surface area contributed by atoms with Crippen LogP contribution in [0.15, 0.2) is 18.2 Å². The van der Waals surface area contributed by atoms with Gasteiger partial charge in [0.1, 0.15) is 4.99 Å². The summed E-state index contributed by atoms with van der Waals surface area (Å²) in [4.78, 5) is 0.449. The average Bonchev–Trinajstić information content (AvgIpc) is 2.28. The Hall–Kier alpha value is -1.13. The highest BCUT2D eigenvalue weighted by Crippen LogP contribution is 2.15. The Morgan fingerprint density at radius 3 is 2.82 bits per heavy atom. The lowest BCUT2D eigenvalue weighted by atomic mass is 10.1. The Kier molecular flexibility index (Phi) is 5.94. The first-order valence-corrected chi connectivity index (χ1v) is 6.28. The van der Waals surface area contributed by atoms with Gasteiger partial charge < -0.3 is 15.8 Å². The smallest absolute Gasteiger partial charge is 0.104 e. The fraction of sp³-hybridized carbons (Fsp3) is 0.462. The molecular formula is C13H20N2OS. The van der Waals surface area contributed by atoms with Crippen LogP contribution in [0, 0.1) is 6.92 Å². The zero-order valence-corrected chi connectivity index (χ0v) is 11.3. The highest BCUT2D eigenvalue weighted by atomic mass is 32.1. The minimum atomic E-state index is 0.449. The molecule has 94 valence electrons. The van der Waals surface area contributed by atoms with Gasteiger partial charge in [0.25, 0.3) is 0 Å². The van der Waals surface area contributed by atoms with Crippen LogP contribution in [0.3, 0.4) is 0 Å². The second kappa shape index (κ2) is 7.25. The second-order valence-electron chi connectivity index (χ2n) is 3.87. The average molecular weight is 252 g/mol. The molecule has 1 rings (SSSR count). The van der Waals surface area contributed by atoms with E-state index in [1.54, 1.807) is 0 Å².